The standard InChI is InChI=1S/C11H12Br2N2O2S/c1-11(2,6-14)7-15-18(16,17)10-5-8(12)3-4-9(10)13/h3-5,15H,7H2,1-2H3. The zero-order valence-corrected chi connectivity index (χ0v) is 13.9. The third-order valence-electron chi connectivity index (χ3n) is 2.19. The van der Waals surface area contributed by atoms with Gasteiger partial charge in [0.25, 0.3) is 0 Å². The molecule has 1 N–H and O–H groups in total. The van der Waals surface area contributed by atoms with E-state index in [0.29, 0.717) is 8.95 Å². The van der Waals surface area contributed by atoms with Gasteiger partial charge < -0.3 is 0 Å². The molecule has 0 atom stereocenters. The first-order valence-corrected chi connectivity index (χ1v) is 8.11. The van der Waals surface area contributed by atoms with Crippen LogP contribution in [0.1, 0.15) is 13.8 Å². The van der Waals surface area contributed by atoms with Gasteiger partial charge in [0.05, 0.1) is 16.4 Å². The molecule has 0 unspecified atom stereocenters. The van der Waals surface area contributed by atoms with Crippen LogP contribution in [0, 0.1) is 16.7 Å². The summed E-state index contributed by atoms with van der Waals surface area (Å²) in [5, 5.41) is 8.86. The number of nitriles is 1. The Morgan fingerprint density at radius 2 is 2.00 bits per heavy atom. The average molecular weight is 396 g/mol. The number of rotatable bonds is 4. The summed E-state index contributed by atoms with van der Waals surface area (Å²) in [6, 6.07) is 6.93. The Bertz CT molecular complexity index is 592. The first kappa shape index (κ1) is 15.6. The third-order valence-corrected chi connectivity index (χ3v) is 5.08. The number of sulfonamides is 1. The second-order valence-electron chi connectivity index (χ2n) is 4.39. The van der Waals surface area contributed by atoms with Crippen molar-refractivity contribution in [3.05, 3.63) is 27.1 Å². The number of hydrogen-bond donors (Lipinski definition) is 1. The van der Waals surface area contributed by atoms with E-state index >= 15 is 0 Å². The second kappa shape index (κ2) is 5.70. The molecule has 0 heterocycles. The monoisotopic (exact) mass is 394 g/mol. The summed E-state index contributed by atoms with van der Waals surface area (Å²) >= 11 is 6.43. The molecule has 7 heteroatoms. The molecule has 18 heavy (non-hydrogen) atoms. The minimum atomic E-state index is -3.63. The van der Waals surface area contributed by atoms with Crippen LogP contribution in [-0.2, 0) is 10.0 Å². The first-order valence-electron chi connectivity index (χ1n) is 5.04. The van der Waals surface area contributed by atoms with Gasteiger partial charge in [-0.2, -0.15) is 5.26 Å². The van der Waals surface area contributed by atoms with Gasteiger partial charge in [0.15, 0.2) is 0 Å². The van der Waals surface area contributed by atoms with Gasteiger partial charge in [-0.1, -0.05) is 15.9 Å². The van der Waals surface area contributed by atoms with Gasteiger partial charge in [-0.25, -0.2) is 13.1 Å². The molecule has 0 fully saturated rings. The molecule has 0 spiro atoms. The first-order chi connectivity index (χ1) is 8.18. The summed E-state index contributed by atoms with van der Waals surface area (Å²) in [5.74, 6) is 0. The highest BCUT2D eigenvalue weighted by Gasteiger charge is 2.23. The number of nitrogens with one attached hydrogen (secondary N) is 1. The van der Waals surface area contributed by atoms with E-state index < -0.39 is 15.4 Å². The van der Waals surface area contributed by atoms with Crippen LogP contribution in [0.2, 0.25) is 0 Å². The number of halogens is 2. The predicted octanol–water partition coefficient (Wildman–Crippen LogP) is 3.04. The highest BCUT2D eigenvalue weighted by Crippen LogP contribution is 2.26. The van der Waals surface area contributed by atoms with Crippen molar-refractivity contribution in [3.8, 4) is 6.07 Å². The molecule has 4 nitrogen and oxygen atoms in total. The van der Waals surface area contributed by atoms with Crippen LogP contribution in [0.15, 0.2) is 32.0 Å². The Labute approximate surface area is 124 Å². The summed E-state index contributed by atoms with van der Waals surface area (Å²) in [4.78, 5) is 0.144. The molecule has 98 valence electrons. The van der Waals surface area contributed by atoms with Crippen molar-refractivity contribution in [2.45, 2.75) is 18.7 Å². The molecule has 0 aliphatic carbocycles. The van der Waals surface area contributed by atoms with Gasteiger partial charge in [-0.15, -0.1) is 0 Å². The van der Waals surface area contributed by atoms with Crippen LogP contribution < -0.4 is 4.72 Å². The normalized spacial score (nSPS) is 12.2. The van der Waals surface area contributed by atoms with Gasteiger partial charge >= 0.3 is 0 Å². The largest absolute Gasteiger partial charge is 0.241 e. The lowest BCUT2D eigenvalue weighted by molar-refractivity contribution is 0.478. The van der Waals surface area contributed by atoms with Crippen LogP contribution in [0.4, 0.5) is 0 Å². The van der Waals surface area contributed by atoms with Crippen LogP contribution >= 0.6 is 31.9 Å². The maximum Gasteiger partial charge on any atom is 0.241 e. The number of benzene rings is 1. The SMILES string of the molecule is CC(C)(C#N)CNS(=O)(=O)c1cc(Br)ccc1Br. The van der Waals surface area contributed by atoms with Gasteiger partial charge in [-0.3, -0.25) is 0 Å². The van der Waals surface area contributed by atoms with Gasteiger partial charge in [0, 0.05) is 15.5 Å². The molecule has 1 rings (SSSR count). The lowest BCUT2D eigenvalue weighted by Crippen LogP contribution is -2.33. The zero-order valence-electron chi connectivity index (χ0n) is 9.87. The molecule has 0 radical (unpaired) electrons. The maximum absolute atomic E-state index is 12.1. The van der Waals surface area contributed by atoms with Crippen molar-refractivity contribution < 1.29 is 8.42 Å². The summed E-state index contributed by atoms with van der Waals surface area (Å²) in [6.07, 6.45) is 0. The average Bonchev–Trinajstić information content (AvgIpc) is 2.30. The van der Waals surface area contributed by atoms with E-state index in [1.54, 1.807) is 26.0 Å². The van der Waals surface area contributed by atoms with Gasteiger partial charge in [0.2, 0.25) is 10.0 Å². The number of hydrogen-bond acceptors (Lipinski definition) is 3. The Balaban J connectivity index is 3.02. The summed E-state index contributed by atoms with van der Waals surface area (Å²) in [7, 11) is -3.63. The van der Waals surface area contributed by atoms with Crippen molar-refractivity contribution in [3.63, 3.8) is 0 Å². The van der Waals surface area contributed by atoms with Gasteiger partial charge in [-0.05, 0) is 48.0 Å². The van der Waals surface area contributed by atoms with Crippen LogP contribution in [0.25, 0.3) is 0 Å². The summed E-state index contributed by atoms with van der Waals surface area (Å²) in [5.41, 5.74) is -0.744. The summed E-state index contributed by atoms with van der Waals surface area (Å²) < 4.78 is 27.8. The molecule has 0 aliphatic rings. The molecule has 0 saturated carbocycles. The molecule has 0 saturated heterocycles. The Kier molecular flexibility index (Phi) is 4.95. The van der Waals surface area contributed by atoms with E-state index in [4.69, 9.17) is 5.26 Å². The highest BCUT2D eigenvalue weighted by molar-refractivity contribution is 9.11. The Hall–Kier alpha value is -0.420. The fourth-order valence-corrected chi connectivity index (χ4v) is 3.79. The maximum atomic E-state index is 12.1. The summed E-state index contributed by atoms with van der Waals surface area (Å²) in [6.45, 7) is 3.40. The minimum Gasteiger partial charge on any atom is -0.210 e. The molecular formula is C11H12Br2N2O2S. The Morgan fingerprint density at radius 1 is 1.39 bits per heavy atom. The van der Waals surface area contributed by atoms with Crippen molar-refractivity contribution in [2.24, 2.45) is 5.41 Å². The molecular weight excluding hydrogens is 384 g/mol. The zero-order chi connectivity index (χ0) is 14.0. The minimum absolute atomic E-state index is 0.0603. The Morgan fingerprint density at radius 3 is 2.56 bits per heavy atom. The smallest absolute Gasteiger partial charge is 0.210 e. The second-order valence-corrected chi connectivity index (χ2v) is 7.90. The molecule has 0 bridgehead atoms. The molecule has 1 aromatic carbocycles. The quantitative estimate of drug-likeness (QED) is 0.851. The molecule has 0 amide bonds. The third kappa shape index (κ3) is 4.05. The van der Waals surface area contributed by atoms with Crippen LogP contribution in [0.5, 0.6) is 0 Å². The van der Waals surface area contributed by atoms with E-state index in [1.165, 1.54) is 6.07 Å². The molecule has 1 aromatic rings. The van der Waals surface area contributed by atoms with Crippen molar-refractivity contribution >= 4 is 41.9 Å². The predicted molar refractivity (Wildman–Crippen MR) is 76.4 cm³/mol. The number of nitrogens with zero attached hydrogens (tertiary/aromatic N) is 1. The highest BCUT2D eigenvalue weighted by atomic mass is 79.9. The lowest BCUT2D eigenvalue weighted by atomic mass is 9.97. The van der Waals surface area contributed by atoms with E-state index in [9.17, 15) is 8.42 Å². The van der Waals surface area contributed by atoms with Crippen molar-refractivity contribution in [1.82, 2.24) is 4.72 Å². The lowest BCUT2D eigenvalue weighted by Gasteiger charge is -2.16. The van der Waals surface area contributed by atoms with Gasteiger partial charge in [0.1, 0.15) is 0 Å². The molecule has 0 aromatic heterocycles. The van der Waals surface area contributed by atoms with E-state index in [2.05, 4.69) is 36.6 Å². The van der Waals surface area contributed by atoms with E-state index in [0.717, 1.165) is 0 Å². The topological polar surface area (TPSA) is 70.0 Å². The fraction of sp³-hybridized carbons (Fsp3) is 0.364. The van der Waals surface area contributed by atoms with E-state index in [-0.39, 0.29) is 11.4 Å². The van der Waals surface area contributed by atoms with Crippen LogP contribution in [-0.4, -0.2) is 15.0 Å². The van der Waals surface area contributed by atoms with Crippen molar-refractivity contribution in [2.75, 3.05) is 6.54 Å². The fourth-order valence-electron chi connectivity index (χ4n) is 1.08. The van der Waals surface area contributed by atoms with Crippen molar-refractivity contribution in [1.29, 1.82) is 5.26 Å². The van der Waals surface area contributed by atoms with Crippen LogP contribution in [0.3, 0.4) is 0 Å². The van der Waals surface area contributed by atoms with E-state index in [1.807, 2.05) is 6.07 Å². The molecule has 0 aliphatic heterocycles.